The highest BCUT2D eigenvalue weighted by Crippen LogP contribution is 2.42. The van der Waals surface area contributed by atoms with Crippen molar-refractivity contribution in [2.24, 2.45) is 5.41 Å². The predicted octanol–water partition coefficient (Wildman–Crippen LogP) is 2.89. The first kappa shape index (κ1) is 14.8. The van der Waals surface area contributed by atoms with E-state index < -0.39 is 9.84 Å². The maximum Gasteiger partial charge on any atom is 0.182 e. The van der Waals surface area contributed by atoms with Gasteiger partial charge in [0.2, 0.25) is 0 Å². The van der Waals surface area contributed by atoms with E-state index in [-0.39, 0.29) is 5.25 Å². The Balaban J connectivity index is 1.55. The van der Waals surface area contributed by atoms with Crippen LogP contribution in [0.1, 0.15) is 25.7 Å². The molecule has 1 aromatic rings. The minimum Gasteiger partial charge on any atom is -0.380 e. The minimum atomic E-state index is -3.29. The number of ether oxygens (including phenoxy) is 1. The van der Waals surface area contributed by atoms with E-state index in [2.05, 4.69) is 4.90 Å². The summed E-state index contributed by atoms with van der Waals surface area (Å²) in [6.07, 6.45) is 3.51. The van der Waals surface area contributed by atoms with Crippen LogP contribution in [0.2, 0.25) is 5.02 Å². The van der Waals surface area contributed by atoms with Crippen molar-refractivity contribution in [3.63, 3.8) is 0 Å². The van der Waals surface area contributed by atoms with Gasteiger partial charge in [-0.25, -0.2) is 8.42 Å². The number of hydrogen-bond acceptors (Lipinski definition) is 4. The van der Waals surface area contributed by atoms with Crippen molar-refractivity contribution in [1.29, 1.82) is 0 Å². The third kappa shape index (κ3) is 2.25. The molecule has 0 radical (unpaired) electrons. The molecule has 0 unspecified atom stereocenters. The van der Waals surface area contributed by atoms with Crippen LogP contribution in [0.4, 0.5) is 5.69 Å². The molecule has 4 nitrogen and oxygen atoms in total. The van der Waals surface area contributed by atoms with Crippen molar-refractivity contribution >= 4 is 27.1 Å². The SMILES string of the molecule is O=S(=O)(c1ccc(N2CC3(COC3)C2)cc1Cl)C1CCCC1. The third-order valence-electron chi connectivity index (χ3n) is 5.20. The van der Waals surface area contributed by atoms with E-state index in [1.165, 1.54) is 0 Å². The predicted molar refractivity (Wildman–Crippen MR) is 86.4 cm³/mol. The molecule has 0 N–H and O–H groups in total. The standard InChI is InChI=1S/C16H20ClNO3S/c17-14-7-12(18-8-16(9-18)10-21-11-16)5-6-15(14)22(19,20)13-3-1-2-4-13/h5-7,13H,1-4,8-11H2. The Morgan fingerprint density at radius 3 is 2.41 bits per heavy atom. The molecular weight excluding hydrogens is 322 g/mol. The van der Waals surface area contributed by atoms with Crippen molar-refractivity contribution in [2.45, 2.75) is 35.8 Å². The molecule has 0 bridgehead atoms. The van der Waals surface area contributed by atoms with E-state index in [0.717, 1.165) is 57.7 Å². The summed E-state index contributed by atoms with van der Waals surface area (Å²) < 4.78 is 30.6. The Morgan fingerprint density at radius 2 is 1.86 bits per heavy atom. The summed E-state index contributed by atoms with van der Waals surface area (Å²) in [6, 6.07) is 5.38. The Kier molecular flexibility index (Phi) is 3.44. The topological polar surface area (TPSA) is 46.6 Å². The van der Waals surface area contributed by atoms with Gasteiger partial charge in [-0.2, -0.15) is 0 Å². The number of hydrogen-bond donors (Lipinski definition) is 0. The van der Waals surface area contributed by atoms with Crippen molar-refractivity contribution in [3.8, 4) is 0 Å². The lowest BCUT2D eigenvalue weighted by atomic mass is 9.78. The summed E-state index contributed by atoms with van der Waals surface area (Å²) in [5, 5.41) is 0.102. The zero-order valence-corrected chi connectivity index (χ0v) is 14.0. The van der Waals surface area contributed by atoms with Crippen LogP contribution in [0.3, 0.4) is 0 Å². The van der Waals surface area contributed by atoms with E-state index in [9.17, 15) is 8.42 Å². The summed E-state index contributed by atoms with van der Waals surface area (Å²) in [5.74, 6) is 0. The summed E-state index contributed by atoms with van der Waals surface area (Å²) in [4.78, 5) is 2.53. The maximum atomic E-state index is 12.7. The zero-order valence-electron chi connectivity index (χ0n) is 12.4. The average Bonchev–Trinajstić information content (AvgIpc) is 2.89. The first-order valence-corrected chi connectivity index (χ1v) is 9.79. The number of sulfone groups is 1. The molecule has 0 atom stereocenters. The summed E-state index contributed by atoms with van der Waals surface area (Å²) in [7, 11) is -3.29. The van der Waals surface area contributed by atoms with Gasteiger partial charge in [0.1, 0.15) is 0 Å². The minimum absolute atomic E-state index is 0.254. The van der Waals surface area contributed by atoms with Gasteiger partial charge >= 0.3 is 0 Å². The van der Waals surface area contributed by atoms with Crippen molar-refractivity contribution in [2.75, 3.05) is 31.2 Å². The second-order valence-corrected chi connectivity index (χ2v) is 9.52. The van der Waals surface area contributed by atoms with Crippen LogP contribution in [0.15, 0.2) is 23.1 Å². The normalized spacial score (nSPS) is 24.3. The van der Waals surface area contributed by atoms with Gasteiger partial charge < -0.3 is 9.64 Å². The zero-order chi connectivity index (χ0) is 15.4. The number of anilines is 1. The Bertz CT molecular complexity index is 685. The molecule has 2 heterocycles. The van der Waals surface area contributed by atoms with Gasteiger partial charge in [0.25, 0.3) is 0 Å². The van der Waals surface area contributed by atoms with Crippen molar-refractivity contribution in [1.82, 2.24) is 0 Å². The van der Waals surface area contributed by atoms with Crippen LogP contribution in [-0.4, -0.2) is 40.0 Å². The summed E-state index contributed by atoms with van der Waals surface area (Å²) in [5.41, 5.74) is 1.34. The summed E-state index contributed by atoms with van der Waals surface area (Å²) >= 11 is 6.31. The van der Waals surface area contributed by atoms with E-state index in [0.29, 0.717) is 15.3 Å². The van der Waals surface area contributed by atoms with E-state index >= 15 is 0 Å². The quantitative estimate of drug-likeness (QED) is 0.848. The second-order valence-electron chi connectivity index (χ2n) is 6.92. The molecule has 1 aromatic carbocycles. The van der Waals surface area contributed by atoms with Gasteiger partial charge in [-0.3, -0.25) is 0 Å². The Labute approximate surface area is 136 Å². The first-order valence-electron chi connectivity index (χ1n) is 7.86. The fraction of sp³-hybridized carbons (Fsp3) is 0.625. The van der Waals surface area contributed by atoms with Crippen molar-refractivity contribution in [3.05, 3.63) is 23.2 Å². The molecule has 2 aliphatic heterocycles. The molecular formula is C16H20ClNO3S. The Hall–Kier alpha value is -0.780. The molecule has 0 amide bonds. The largest absolute Gasteiger partial charge is 0.380 e. The van der Waals surface area contributed by atoms with Crippen LogP contribution >= 0.6 is 11.6 Å². The Morgan fingerprint density at radius 1 is 1.18 bits per heavy atom. The van der Waals surface area contributed by atoms with Gasteiger partial charge in [-0.05, 0) is 31.0 Å². The lowest BCUT2D eigenvalue weighted by molar-refractivity contribution is -0.127. The molecule has 3 aliphatic rings. The number of halogens is 1. The van der Waals surface area contributed by atoms with Crippen LogP contribution in [0.25, 0.3) is 0 Å². The van der Waals surface area contributed by atoms with Gasteiger partial charge in [0.15, 0.2) is 9.84 Å². The number of benzene rings is 1. The number of rotatable bonds is 3. The maximum absolute atomic E-state index is 12.7. The number of nitrogens with zero attached hydrogens (tertiary/aromatic N) is 1. The first-order chi connectivity index (χ1) is 10.5. The van der Waals surface area contributed by atoms with E-state index in [4.69, 9.17) is 16.3 Å². The fourth-order valence-electron chi connectivity index (χ4n) is 3.81. The highest BCUT2D eigenvalue weighted by molar-refractivity contribution is 7.92. The van der Waals surface area contributed by atoms with Gasteiger partial charge in [-0.1, -0.05) is 24.4 Å². The van der Waals surface area contributed by atoms with Crippen LogP contribution in [0, 0.1) is 5.41 Å². The average molecular weight is 342 g/mol. The molecule has 3 fully saturated rings. The lowest BCUT2D eigenvalue weighted by Gasteiger charge is -2.56. The summed E-state index contributed by atoms with van der Waals surface area (Å²) in [6.45, 7) is 3.62. The van der Waals surface area contributed by atoms with Crippen LogP contribution in [0.5, 0.6) is 0 Å². The second kappa shape index (κ2) is 5.11. The highest BCUT2D eigenvalue weighted by atomic mass is 35.5. The van der Waals surface area contributed by atoms with Crippen LogP contribution in [-0.2, 0) is 14.6 Å². The molecule has 2 saturated heterocycles. The van der Waals surface area contributed by atoms with Gasteiger partial charge in [0, 0.05) is 18.8 Å². The van der Waals surface area contributed by atoms with Crippen LogP contribution < -0.4 is 4.90 Å². The molecule has 1 spiro atoms. The molecule has 1 saturated carbocycles. The monoisotopic (exact) mass is 341 g/mol. The molecule has 6 heteroatoms. The smallest absolute Gasteiger partial charge is 0.182 e. The van der Waals surface area contributed by atoms with E-state index in [1.54, 1.807) is 12.1 Å². The van der Waals surface area contributed by atoms with Gasteiger partial charge in [0.05, 0.1) is 33.8 Å². The molecule has 0 aromatic heterocycles. The third-order valence-corrected chi connectivity index (χ3v) is 7.94. The fourth-order valence-corrected chi connectivity index (χ4v) is 6.21. The molecule has 1 aliphatic carbocycles. The van der Waals surface area contributed by atoms with E-state index in [1.807, 2.05) is 6.07 Å². The molecule has 4 rings (SSSR count). The van der Waals surface area contributed by atoms with Crippen molar-refractivity contribution < 1.29 is 13.2 Å². The molecule has 22 heavy (non-hydrogen) atoms. The highest BCUT2D eigenvalue weighted by Gasteiger charge is 2.49. The lowest BCUT2D eigenvalue weighted by Crippen LogP contribution is -2.66. The molecule has 120 valence electrons. The van der Waals surface area contributed by atoms with Gasteiger partial charge in [-0.15, -0.1) is 0 Å².